The molecule has 25 heavy (non-hydrogen) atoms. The zero-order chi connectivity index (χ0) is 17.2. The third-order valence-electron chi connectivity index (χ3n) is 4.55. The van der Waals surface area contributed by atoms with Crippen LogP contribution in [0.2, 0.25) is 0 Å². The summed E-state index contributed by atoms with van der Waals surface area (Å²) in [6.07, 6.45) is 3.72. The molecule has 1 aliphatic heterocycles. The number of aromatic nitrogens is 4. The molecule has 0 aliphatic carbocycles. The fourth-order valence-electron chi connectivity index (χ4n) is 3.36. The fourth-order valence-corrected chi connectivity index (χ4v) is 3.36. The minimum Gasteiger partial charge on any atom is -0.467 e. The Morgan fingerprint density at radius 1 is 1.28 bits per heavy atom. The average molecular weight is 337 g/mol. The van der Waals surface area contributed by atoms with Crippen molar-refractivity contribution in [3.05, 3.63) is 58.4 Å². The highest BCUT2D eigenvalue weighted by atomic mass is 16.5. The lowest BCUT2D eigenvalue weighted by Crippen LogP contribution is -2.26. The maximum Gasteiger partial charge on any atom is 0.316 e. The Balaban J connectivity index is 1.64. The Hall–Kier alpha value is -2.80. The molecule has 0 amide bonds. The van der Waals surface area contributed by atoms with E-state index in [0.29, 0.717) is 17.9 Å². The highest BCUT2D eigenvalue weighted by Crippen LogP contribution is 2.31. The lowest BCUT2D eigenvalue weighted by Gasteiger charge is -2.23. The van der Waals surface area contributed by atoms with Crippen molar-refractivity contribution in [2.75, 3.05) is 13.7 Å². The Morgan fingerprint density at radius 3 is 3.04 bits per heavy atom. The number of nitrogens with one attached hydrogen (secondary N) is 1. The van der Waals surface area contributed by atoms with Gasteiger partial charge in [-0.2, -0.15) is 4.98 Å². The highest BCUT2D eigenvalue weighted by Gasteiger charge is 2.28. The monoisotopic (exact) mass is 337 g/mol. The Bertz CT molecular complexity index is 955. The number of para-hydroxylation sites is 1. The summed E-state index contributed by atoms with van der Waals surface area (Å²) < 4.78 is 5.09. The van der Waals surface area contributed by atoms with E-state index in [2.05, 4.69) is 24.8 Å². The van der Waals surface area contributed by atoms with Crippen LogP contribution in [0.3, 0.4) is 0 Å². The molecule has 7 nitrogen and oxygen atoms in total. The molecule has 1 aliphatic rings. The van der Waals surface area contributed by atoms with Crippen LogP contribution in [0, 0.1) is 0 Å². The highest BCUT2D eigenvalue weighted by molar-refractivity contribution is 5.77. The minimum atomic E-state index is -0.0869. The van der Waals surface area contributed by atoms with Gasteiger partial charge in [0.05, 0.1) is 29.7 Å². The van der Waals surface area contributed by atoms with Crippen molar-refractivity contribution in [2.45, 2.75) is 25.4 Å². The lowest BCUT2D eigenvalue weighted by atomic mass is 10.2. The molecule has 7 heteroatoms. The normalized spacial score (nSPS) is 17.9. The van der Waals surface area contributed by atoms with Crippen LogP contribution in [0.5, 0.6) is 6.01 Å². The first-order chi connectivity index (χ1) is 12.2. The molecule has 1 unspecified atom stereocenters. The van der Waals surface area contributed by atoms with Gasteiger partial charge in [0.25, 0.3) is 5.56 Å². The van der Waals surface area contributed by atoms with Crippen molar-refractivity contribution in [1.82, 2.24) is 24.8 Å². The number of hydrogen-bond acceptors (Lipinski definition) is 6. The summed E-state index contributed by atoms with van der Waals surface area (Å²) in [5, 5.41) is 0.622. The van der Waals surface area contributed by atoms with Gasteiger partial charge < -0.3 is 9.72 Å². The third-order valence-corrected chi connectivity index (χ3v) is 4.55. The molecule has 0 saturated carbocycles. The second kappa shape index (κ2) is 6.60. The molecule has 4 rings (SSSR count). The molecule has 2 aromatic heterocycles. The SMILES string of the molecule is COc1nccc(CN2CCCC2c2nc3ccccc3c(=O)[nH]2)n1. The molecule has 1 aromatic carbocycles. The molecule has 0 spiro atoms. The summed E-state index contributed by atoms with van der Waals surface area (Å²) in [7, 11) is 1.56. The predicted molar refractivity (Wildman–Crippen MR) is 93.3 cm³/mol. The Kier molecular flexibility index (Phi) is 4.15. The molecule has 3 aromatic rings. The van der Waals surface area contributed by atoms with Crippen LogP contribution in [-0.2, 0) is 6.54 Å². The van der Waals surface area contributed by atoms with Crippen LogP contribution < -0.4 is 10.3 Å². The van der Waals surface area contributed by atoms with E-state index in [9.17, 15) is 4.79 Å². The summed E-state index contributed by atoms with van der Waals surface area (Å²) in [6, 6.07) is 9.76. The minimum absolute atomic E-state index is 0.0817. The number of H-pyrrole nitrogens is 1. The van der Waals surface area contributed by atoms with Crippen LogP contribution in [0.15, 0.2) is 41.3 Å². The van der Waals surface area contributed by atoms with Crippen molar-refractivity contribution in [3.63, 3.8) is 0 Å². The molecule has 0 radical (unpaired) electrons. The van der Waals surface area contributed by atoms with Gasteiger partial charge in [-0.15, -0.1) is 0 Å². The molecule has 128 valence electrons. The smallest absolute Gasteiger partial charge is 0.316 e. The molecule has 1 atom stereocenters. The molecule has 0 bridgehead atoms. The van der Waals surface area contributed by atoms with E-state index in [1.807, 2.05) is 24.3 Å². The van der Waals surface area contributed by atoms with Crippen LogP contribution in [0.25, 0.3) is 10.9 Å². The Morgan fingerprint density at radius 2 is 2.16 bits per heavy atom. The van der Waals surface area contributed by atoms with E-state index in [4.69, 9.17) is 4.74 Å². The number of benzene rings is 1. The molecule has 1 N–H and O–H groups in total. The number of aromatic amines is 1. The van der Waals surface area contributed by atoms with Crippen molar-refractivity contribution in [1.29, 1.82) is 0 Å². The van der Waals surface area contributed by atoms with Crippen LogP contribution >= 0.6 is 0 Å². The van der Waals surface area contributed by atoms with Gasteiger partial charge in [0.15, 0.2) is 0 Å². The van der Waals surface area contributed by atoms with Crippen LogP contribution in [0.1, 0.15) is 30.4 Å². The number of nitrogens with zero attached hydrogens (tertiary/aromatic N) is 4. The van der Waals surface area contributed by atoms with E-state index in [1.54, 1.807) is 19.4 Å². The number of fused-ring (bicyclic) bond motifs is 1. The van der Waals surface area contributed by atoms with Gasteiger partial charge in [0.1, 0.15) is 5.82 Å². The van der Waals surface area contributed by atoms with Gasteiger partial charge in [0.2, 0.25) is 0 Å². The second-order valence-electron chi connectivity index (χ2n) is 6.13. The summed E-state index contributed by atoms with van der Waals surface area (Å²) in [6.45, 7) is 1.60. The van der Waals surface area contributed by atoms with Gasteiger partial charge >= 0.3 is 6.01 Å². The summed E-state index contributed by atoms with van der Waals surface area (Å²) in [5.41, 5.74) is 1.54. The second-order valence-corrected chi connectivity index (χ2v) is 6.13. The first-order valence-electron chi connectivity index (χ1n) is 8.33. The number of methoxy groups -OCH3 is 1. The first kappa shape index (κ1) is 15.7. The molecular weight excluding hydrogens is 318 g/mol. The zero-order valence-corrected chi connectivity index (χ0v) is 14.0. The van der Waals surface area contributed by atoms with Crippen LogP contribution in [-0.4, -0.2) is 38.5 Å². The molecule has 1 fully saturated rings. The quantitative estimate of drug-likeness (QED) is 0.784. The van der Waals surface area contributed by atoms with Crippen molar-refractivity contribution in [2.24, 2.45) is 0 Å². The summed E-state index contributed by atoms with van der Waals surface area (Å²) in [5.74, 6) is 0.724. The summed E-state index contributed by atoms with van der Waals surface area (Å²) in [4.78, 5) is 30.7. The number of ether oxygens (including phenoxy) is 1. The van der Waals surface area contributed by atoms with Gasteiger partial charge in [-0.05, 0) is 37.6 Å². The van der Waals surface area contributed by atoms with Gasteiger partial charge in [-0.1, -0.05) is 12.1 Å². The van der Waals surface area contributed by atoms with Crippen molar-refractivity contribution < 1.29 is 4.74 Å². The summed E-state index contributed by atoms with van der Waals surface area (Å²) >= 11 is 0. The van der Waals surface area contributed by atoms with Crippen LogP contribution in [0.4, 0.5) is 0 Å². The maximum atomic E-state index is 12.4. The van der Waals surface area contributed by atoms with E-state index in [-0.39, 0.29) is 11.6 Å². The van der Waals surface area contributed by atoms with Crippen molar-refractivity contribution >= 4 is 10.9 Å². The first-order valence-corrected chi connectivity index (χ1v) is 8.33. The number of likely N-dealkylation sites (tertiary alicyclic amines) is 1. The standard InChI is InChI=1S/C18H19N5O2/c1-25-18-19-9-8-12(20-18)11-23-10-4-7-15(23)16-21-14-6-3-2-5-13(14)17(24)22-16/h2-3,5-6,8-9,15H,4,7,10-11H2,1H3,(H,21,22,24). The number of rotatable bonds is 4. The van der Waals surface area contributed by atoms with E-state index < -0.39 is 0 Å². The van der Waals surface area contributed by atoms with Gasteiger partial charge in [0, 0.05) is 12.7 Å². The molecule has 1 saturated heterocycles. The van der Waals surface area contributed by atoms with Gasteiger partial charge in [-0.3, -0.25) is 9.69 Å². The maximum absolute atomic E-state index is 12.4. The Labute approximate surface area is 144 Å². The van der Waals surface area contributed by atoms with E-state index in [1.165, 1.54) is 0 Å². The predicted octanol–water partition coefficient (Wildman–Crippen LogP) is 2.06. The average Bonchev–Trinajstić information content (AvgIpc) is 3.10. The molecular formula is C18H19N5O2. The fraction of sp³-hybridized carbons (Fsp3) is 0.333. The molecule has 3 heterocycles. The third kappa shape index (κ3) is 3.10. The lowest BCUT2D eigenvalue weighted by molar-refractivity contribution is 0.235. The number of hydrogen-bond donors (Lipinski definition) is 1. The largest absolute Gasteiger partial charge is 0.467 e. The van der Waals surface area contributed by atoms with E-state index >= 15 is 0 Å². The zero-order valence-electron chi connectivity index (χ0n) is 14.0. The van der Waals surface area contributed by atoms with Crippen molar-refractivity contribution in [3.8, 4) is 6.01 Å². The topological polar surface area (TPSA) is 84.0 Å². The van der Waals surface area contributed by atoms with Gasteiger partial charge in [-0.25, -0.2) is 9.97 Å². The van der Waals surface area contributed by atoms with E-state index in [0.717, 1.165) is 36.4 Å².